The average Bonchev–Trinajstić information content (AvgIpc) is 3.15. The molecule has 0 unspecified atom stereocenters. The van der Waals surface area contributed by atoms with Gasteiger partial charge in [-0.2, -0.15) is 5.10 Å². The Morgan fingerprint density at radius 1 is 1.16 bits per heavy atom. The largest absolute Gasteiger partial charge is 0.325 e. The molecule has 0 radical (unpaired) electrons. The van der Waals surface area contributed by atoms with E-state index in [-0.39, 0.29) is 34.0 Å². The second-order valence-electron chi connectivity index (χ2n) is 9.43. The maximum Gasteiger partial charge on any atom is 0.262 e. The van der Waals surface area contributed by atoms with Crippen molar-refractivity contribution < 1.29 is 4.79 Å². The molecule has 4 aromatic rings. The first-order valence-electron chi connectivity index (χ1n) is 11.7. The quantitative estimate of drug-likeness (QED) is 0.307. The molecule has 0 saturated carbocycles. The molecular formula is C26H27Cl3N6O2. The molecule has 37 heavy (non-hydrogen) atoms. The lowest BCUT2D eigenvalue weighted by atomic mass is 10.0. The summed E-state index contributed by atoms with van der Waals surface area (Å²) in [4.78, 5) is 35.1. The highest BCUT2D eigenvalue weighted by atomic mass is 35.5. The Balaban J connectivity index is 1.81. The van der Waals surface area contributed by atoms with Crippen LogP contribution in [0, 0.1) is 6.92 Å². The number of anilines is 1. The molecule has 4 rings (SSSR count). The zero-order valence-electron chi connectivity index (χ0n) is 21.1. The minimum absolute atomic E-state index is 0.0490. The van der Waals surface area contributed by atoms with Crippen molar-refractivity contribution in [2.24, 2.45) is 0 Å². The first-order valence-corrected chi connectivity index (χ1v) is 12.8. The highest BCUT2D eigenvalue weighted by molar-refractivity contribution is 6.40. The van der Waals surface area contributed by atoms with E-state index in [2.05, 4.69) is 15.4 Å². The van der Waals surface area contributed by atoms with E-state index in [4.69, 9.17) is 39.8 Å². The van der Waals surface area contributed by atoms with Gasteiger partial charge < -0.3 is 15.2 Å². The number of H-pyrrole nitrogens is 1. The Morgan fingerprint density at radius 2 is 1.84 bits per heavy atom. The number of aromatic amines is 1. The number of aromatic nitrogens is 4. The Labute approximate surface area is 229 Å². The minimum Gasteiger partial charge on any atom is -0.325 e. The average molecular weight is 562 g/mol. The number of rotatable bonds is 7. The fourth-order valence-corrected chi connectivity index (χ4v) is 5.12. The van der Waals surface area contributed by atoms with E-state index in [0.717, 1.165) is 11.1 Å². The van der Waals surface area contributed by atoms with E-state index in [0.29, 0.717) is 45.4 Å². The number of hydrogen-bond acceptors (Lipinski definition) is 5. The Bertz CT molecular complexity index is 1540. The molecule has 0 aliphatic rings. The standard InChI is InChI=1S/C26H27Cl3N6O2/c1-13(2)23-22-25(35(33-23)24-17(28)10-16(27)11-18(24)29)31-20(32-26(22)37)9-15-7-6-8-19(14(15)3)30-21(36)12-34(4)5/h6-8,10-11,13H,9,12H2,1-5H3,(H,30,36)(H,31,32,37). The molecule has 1 amide bonds. The van der Waals surface area contributed by atoms with Crippen LogP contribution in [-0.4, -0.2) is 51.2 Å². The van der Waals surface area contributed by atoms with Crippen LogP contribution in [0.15, 0.2) is 35.1 Å². The third-order valence-corrected chi connectivity index (χ3v) is 6.69. The molecule has 2 aromatic carbocycles. The number of likely N-dealkylation sites (N-methyl/N-ethyl adjacent to an activating group) is 1. The fourth-order valence-electron chi connectivity index (χ4n) is 4.14. The van der Waals surface area contributed by atoms with Gasteiger partial charge in [-0.25, -0.2) is 9.67 Å². The summed E-state index contributed by atoms with van der Waals surface area (Å²) >= 11 is 19.1. The second-order valence-corrected chi connectivity index (χ2v) is 10.7. The highest BCUT2D eigenvalue weighted by Crippen LogP contribution is 2.34. The number of benzene rings is 2. The van der Waals surface area contributed by atoms with Crippen molar-refractivity contribution in [2.75, 3.05) is 26.0 Å². The number of nitrogens with one attached hydrogen (secondary N) is 2. The van der Waals surface area contributed by atoms with E-state index in [9.17, 15) is 9.59 Å². The molecule has 194 valence electrons. The van der Waals surface area contributed by atoms with E-state index in [1.165, 1.54) is 4.68 Å². The van der Waals surface area contributed by atoms with Gasteiger partial charge in [-0.05, 0) is 56.3 Å². The number of fused-ring (bicyclic) bond motifs is 1. The van der Waals surface area contributed by atoms with E-state index >= 15 is 0 Å². The van der Waals surface area contributed by atoms with Gasteiger partial charge in [0.15, 0.2) is 5.65 Å². The van der Waals surface area contributed by atoms with Crippen molar-refractivity contribution in [3.8, 4) is 5.69 Å². The van der Waals surface area contributed by atoms with E-state index < -0.39 is 0 Å². The van der Waals surface area contributed by atoms with Crippen LogP contribution in [0.25, 0.3) is 16.7 Å². The lowest BCUT2D eigenvalue weighted by Crippen LogP contribution is -2.27. The summed E-state index contributed by atoms with van der Waals surface area (Å²) in [6, 6.07) is 8.78. The number of halogens is 3. The van der Waals surface area contributed by atoms with Crippen LogP contribution in [-0.2, 0) is 11.2 Å². The van der Waals surface area contributed by atoms with Crippen LogP contribution in [0.4, 0.5) is 5.69 Å². The third kappa shape index (κ3) is 5.67. The van der Waals surface area contributed by atoms with Crippen LogP contribution in [0.3, 0.4) is 0 Å². The summed E-state index contributed by atoms with van der Waals surface area (Å²) in [5.41, 5.74) is 3.53. The monoisotopic (exact) mass is 560 g/mol. The number of amides is 1. The summed E-state index contributed by atoms with van der Waals surface area (Å²) < 4.78 is 1.51. The molecule has 0 atom stereocenters. The molecule has 0 bridgehead atoms. The Morgan fingerprint density at radius 3 is 2.46 bits per heavy atom. The van der Waals surface area contributed by atoms with Crippen LogP contribution < -0.4 is 10.9 Å². The minimum atomic E-state index is -0.302. The molecule has 0 aliphatic heterocycles. The second kappa shape index (κ2) is 10.8. The number of carbonyl (C=O) groups is 1. The van der Waals surface area contributed by atoms with Crippen molar-refractivity contribution in [3.63, 3.8) is 0 Å². The summed E-state index contributed by atoms with van der Waals surface area (Å²) in [6.45, 7) is 6.09. The molecule has 2 N–H and O–H groups in total. The van der Waals surface area contributed by atoms with E-state index in [1.807, 2.05) is 53.1 Å². The normalized spacial score (nSPS) is 11.6. The third-order valence-electron chi connectivity index (χ3n) is 5.89. The first-order chi connectivity index (χ1) is 17.5. The van der Waals surface area contributed by atoms with Crippen LogP contribution in [0.5, 0.6) is 0 Å². The summed E-state index contributed by atoms with van der Waals surface area (Å²) in [5.74, 6) is 0.280. The van der Waals surface area contributed by atoms with Gasteiger partial charge in [-0.3, -0.25) is 9.59 Å². The van der Waals surface area contributed by atoms with Gasteiger partial charge in [-0.1, -0.05) is 60.8 Å². The van der Waals surface area contributed by atoms with Crippen LogP contribution >= 0.6 is 34.8 Å². The van der Waals surface area contributed by atoms with Gasteiger partial charge in [0.05, 0.1) is 22.3 Å². The Hall–Kier alpha value is -2.91. The number of hydrogen-bond donors (Lipinski definition) is 2. The maximum atomic E-state index is 13.3. The molecule has 2 heterocycles. The molecule has 2 aromatic heterocycles. The van der Waals surface area contributed by atoms with Crippen molar-refractivity contribution in [2.45, 2.75) is 33.1 Å². The van der Waals surface area contributed by atoms with Gasteiger partial charge in [0.25, 0.3) is 5.56 Å². The maximum absolute atomic E-state index is 13.3. The van der Waals surface area contributed by atoms with Gasteiger partial charge in [0.1, 0.15) is 16.9 Å². The SMILES string of the molecule is Cc1c(Cc2nc3c(c(C(C)C)nn3-c3c(Cl)cc(Cl)cc3Cl)c(=O)[nH]2)cccc1NC(=O)CN(C)C. The molecular weight excluding hydrogens is 535 g/mol. The molecule has 0 fully saturated rings. The smallest absolute Gasteiger partial charge is 0.262 e. The molecule has 0 saturated heterocycles. The van der Waals surface area contributed by atoms with Gasteiger partial charge in [0, 0.05) is 17.1 Å². The first kappa shape index (κ1) is 27.1. The lowest BCUT2D eigenvalue weighted by Gasteiger charge is -2.14. The van der Waals surface area contributed by atoms with Crippen LogP contribution in [0.1, 0.15) is 42.4 Å². The van der Waals surface area contributed by atoms with Crippen molar-refractivity contribution in [1.82, 2.24) is 24.6 Å². The van der Waals surface area contributed by atoms with Crippen molar-refractivity contribution >= 4 is 57.4 Å². The molecule has 8 nitrogen and oxygen atoms in total. The topological polar surface area (TPSA) is 95.9 Å². The van der Waals surface area contributed by atoms with Gasteiger partial charge in [0.2, 0.25) is 5.91 Å². The van der Waals surface area contributed by atoms with Gasteiger partial charge in [-0.15, -0.1) is 0 Å². The van der Waals surface area contributed by atoms with Crippen molar-refractivity contribution in [1.29, 1.82) is 0 Å². The zero-order chi connectivity index (χ0) is 27.0. The molecule has 11 heteroatoms. The predicted octanol–water partition coefficient (Wildman–Crippen LogP) is 5.59. The number of carbonyl (C=O) groups excluding carboxylic acids is 1. The predicted molar refractivity (Wildman–Crippen MR) is 150 cm³/mol. The molecule has 0 aliphatic carbocycles. The van der Waals surface area contributed by atoms with Crippen molar-refractivity contribution in [3.05, 3.63) is 78.4 Å². The zero-order valence-corrected chi connectivity index (χ0v) is 23.4. The fraction of sp³-hybridized carbons (Fsp3) is 0.308. The summed E-state index contributed by atoms with van der Waals surface area (Å²) in [7, 11) is 3.67. The molecule has 0 spiro atoms. The van der Waals surface area contributed by atoms with E-state index in [1.54, 1.807) is 17.0 Å². The summed E-state index contributed by atoms with van der Waals surface area (Å²) in [6.07, 6.45) is 0.332. The number of nitrogens with zero attached hydrogens (tertiary/aromatic N) is 4. The lowest BCUT2D eigenvalue weighted by molar-refractivity contribution is -0.116. The Kier molecular flexibility index (Phi) is 7.94. The highest BCUT2D eigenvalue weighted by Gasteiger charge is 2.23. The van der Waals surface area contributed by atoms with Gasteiger partial charge >= 0.3 is 0 Å². The summed E-state index contributed by atoms with van der Waals surface area (Å²) in [5, 5.41) is 8.97. The van der Waals surface area contributed by atoms with Crippen LogP contribution in [0.2, 0.25) is 15.1 Å².